The van der Waals surface area contributed by atoms with Crippen LogP contribution in [0.3, 0.4) is 0 Å². The van der Waals surface area contributed by atoms with E-state index in [-0.39, 0.29) is 0 Å². The van der Waals surface area contributed by atoms with E-state index in [1.165, 1.54) is 14.2 Å². The Morgan fingerprint density at radius 3 is 2.14 bits per heavy atom. The predicted molar refractivity (Wildman–Crippen MR) is 49.6 cm³/mol. The molecule has 0 aliphatic carbocycles. The van der Waals surface area contributed by atoms with Crippen LogP contribution in [0.25, 0.3) is 0 Å². The normalized spacial score (nSPS) is 13.1. The van der Waals surface area contributed by atoms with E-state index in [0.717, 1.165) is 0 Å². The Morgan fingerprint density at radius 2 is 1.86 bits per heavy atom. The first-order valence-corrected chi connectivity index (χ1v) is 4.04. The SMILES string of the molecule is COC(=O)NC(C(N)=O)C(C)(C)OC. The third-order valence-electron chi connectivity index (χ3n) is 1.95. The van der Waals surface area contributed by atoms with Crippen molar-refractivity contribution in [1.82, 2.24) is 5.32 Å². The molecule has 0 aromatic rings. The number of ether oxygens (including phenoxy) is 2. The van der Waals surface area contributed by atoms with Gasteiger partial charge in [-0.1, -0.05) is 0 Å². The average molecular weight is 204 g/mol. The zero-order valence-corrected chi connectivity index (χ0v) is 8.79. The summed E-state index contributed by atoms with van der Waals surface area (Å²) < 4.78 is 9.39. The standard InChI is InChI=1S/C8H16N2O4/c1-8(2,14-4)5(6(9)11)10-7(12)13-3/h5H,1-4H3,(H2,9,11)(H,10,12). The van der Waals surface area contributed by atoms with Gasteiger partial charge in [-0.15, -0.1) is 0 Å². The summed E-state index contributed by atoms with van der Waals surface area (Å²) in [6, 6.07) is -0.931. The van der Waals surface area contributed by atoms with Gasteiger partial charge in [0.1, 0.15) is 6.04 Å². The first-order chi connectivity index (χ1) is 6.35. The highest BCUT2D eigenvalue weighted by molar-refractivity contribution is 5.85. The Kier molecular flexibility index (Phi) is 4.36. The lowest BCUT2D eigenvalue weighted by Gasteiger charge is -2.30. The van der Waals surface area contributed by atoms with Crippen molar-refractivity contribution < 1.29 is 19.1 Å². The molecule has 0 radical (unpaired) electrons. The summed E-state index contributed by atoms with van der Waals surface area (Å²) >= 11 is 0. The summed E-state index contributed by atoms with van der Waals surface area (Å²) in [5.74, 6) is -0.678. The lowest BCUT2D eigenvalue weighted by molar-refractivity contribution is -0.127. The maximum Gasteiger partial charge on any atom is 0.407 e. The Morgan fingerprint density at radius 1 is 1.36 bits per heavy atom. The van der Waals surface area contributed by atoms with Gasteiger partial charge in [0, 0.05) is 7.11 Å². The van der Waals surface area contributed by atoms with Crippen molar-refractivity contribution in [1.29, 1.82) is 0 Å². The molecule has 82 valence electrons. The van der Waals surface area contributed by atoms with Crippen LogP contribution >= 0.6 is 0 Å². The van der Waals surface area contributed by atoms with Crippen LogP contribution in [0, 0.1) is 0 Å². The second kappa shape index (κ2) is 4.80. The maximum atomic E-state index is 11.0. The van der Waals surface area contributed by atoms with Gasteiger partial charge in [-0.3, -0.25) is 4.79 Å². The molecule has 3 N–H and O–H groups in total. The molecule has 0 heterocycles. The van der Waals surface area contributed by atoms with Crippen LogP contribution in [0.1, 0.15) is 13.8 Å². The summed E-state index contributed by atoms with van der Waals surface area (Å²) in [5, 5.41) is 2.30. The molecule has 1 atom stereocenters. The monoisotopic (exact) mass is 204 g/mol. The fourth-order valence-electron chi connectivity index (χ4n) is 0.882. The molecule has 0 rings (SSSR count). The zero-order valence-electron chi connectivity index (χ0n) is 8.79. The number of carbonyl (C=O) groups excluding carboxylic acids is 2. The van der Waals surface area contributed by atoms with Crippen LogP contribution in [0.5, 0.6) is 0 Å². The Bertz CT molecular complexity index is 227. The largest absolute Gasteiger partial charge is 0.453 e. The molecule has 0 spiro atoms. The minimum Gasteiger partial charge on any atom is -0.453 e. The summed E-state index contributed by atoms with van der Waals surface area (Å²) in [5.41, 5.74) is 4.24. The van der Waals surface area contributed by atoms with Crippen molar-refractivity contribution in [3.63, 3.8) is 0 Å². The highest BCUT2D eigenvalue weighted by atomic mass is 16.5. The summed E-state index contributed by atoms with van der Waals surface area (Å²) in [7, 11) is 2.63. The van der Waals surface area contributed by atoms with Gasteiger partial charge in [0.25, 0.3) is 0 Å². The van der Waals surface area contributed by atoms with E-state index in [0.29, 0.717) is 0 Å². The van der Waals surface area contributed by atoms with Crippen LogP contribution in [0.2, 0.25) is 0 Å². The van der Waals surface area contributed by atoms with Crippen molar-refractivity contribution >= 4 is 12.0 Å². The fourth-order valence-corrected chi connectivity index (χ4v) is 0.882. The van der Waals surface area contributed by atoms with Gasteiger partial charge in [-0.05, 0) is 13.8 Å². The lowest BCUT2D eigenvalue weighted by Crippen LogP contribution is -2.57. The summed E-state index contributed by atoms with van der Waals surface area (Å²) in [6.45, 7) is 3.27. The minimum atomic E-state index is -0.931. The molecular weight excluding hydrogens is 188 g/mol. The summed E-state index contributed by atoms with van der Waals surface area (Å²) in [4.78, 5) is 21.9. The number of primary amides is 1. The van der Waals surface area contributed by atoms with E-state index >= 15 is 0 Å². The minimum absolute atomic E-state index is 0.678. The van der Waals surface area contributed by atoms with Crippen LogP contribution in [-0.4, -0.2) is 37.9 Å². The molecule has 0 saturated carbocycles. The maximum absolute atomic E-state index is 11.0. The van der Waals surface area contributed by atoms with Gasteiger partial charge >= 0.3 is 6.09 Å². The van der Waals surface area contributed by atoms with E-state index in [2.05, 4.69) is 10.1 Å². The Hall–Kier alpha value is -1.30. The Labute approximate surface area is 82.7 Å². The van der Waals surface area contributed by atoms with Gasteiger partial charge in [0.15, 0.2) is 0 Å². The number of hydrogen-bond acceptors (Lipinski definition) is 4. The molecule has 6 heteroatoms. The quantitative estimate of drug-likeness (QED) is 0.653. The van der Waals surface area contributed by atoms with Crippen LogP contribution in [-0.2, 0) is 14.3 Å². The Balaban J connectivity index is 4.61. The second-order valence-electron chi connectivity index (χ2n) is 3.28. The molecule has 0 aliphatic rings. The topological polar surface area (TPSA) is 90.6 Å². The molecule has 0 aromatic carbocycles. The van der Waals surface area contributed by atoms with E-state index in [4.69, 9.17) is 10.5 Å². The van der Waals surface area contributed by atoms with Gasteiger partial charge in [-0.2, -0.15) is 0 Å². The van der Waals surface area contributed by atoms with Gasteiger partial charge in [-0.25, -0.2) is 4.79 Å². The van der Waals surface area contributed by atoms with Crippen LogP contribution in [0.15, 0.2) is 0 Å². The number of amides is 2. The van der Waals surface area contributed by atoms with Gasteiger partial charge < -0.3 is 20.5 Å². The van der Waals surface area contributed by atoms with Crippen molar-refractivity contribution in [2.24, 2.45) is 5.73 Å². The van der Waals surface area contributed by atoms with Gasteiger partial charge in [0.05, 0.1) is 12.7 Å². The number of alkyl carbamates (subject to hydrolysis) is 1. The molecule has 0 bridgehead atoms. The van der Waals surface area contributed by atoms with Crippen LogP contribution in [0.4, 0.5) is 4.79 Å². The van der Waals surface area contributed by atoms with E-state index < -0.39 is 23.6 Å². The van der Waals surface area contributed by atoms with Crippen LogP contribution < -0.4 is 11.1 Å². The zero-order chi connectivity index (χ0) is 11.4. The molecule has 1 unspecified atom stereocenters. The van der Waals surface area contributed by atoms with Crippen molar-refractivity contribution in [2.45, 2.75) is 25.5 Å². The predicted octanol–water partition coefficient (Wildman–Crippen LogP) is -0.379. The highest BCUT2D eigenvalue weighted by Gasteiger charge is 2.35. The fraction of sp³-hybridized carbons (Fsp3) is 0.750. The van der Waals surface area contributed by atoms with Crippen molar-refractivity contribution in [3.05, 3.63) is 0 Å². The van der Waals surface area contributed by atoms with Gasteiger partial charge in [0.2, 0.25) is 5.91 Å². The smallest absolute Gasteiger partial charge is 0.407 e. The molecule has 0 saturated heterocycles. The third-order valence-corrected chi connectivity index (χ3v) is 1.95. The molecule has 0 aromatic heterocycles. The van der Waals surface area contributed by atoms with Crippen molar-refractivity contribution in [3.8, 4) is 0 Å². The second-order valence-corrected chi connectivity index (χ2v) is 3.28. The third kappa shape index (κ3) is 3.21. The number of nitrogens with two attached hydrogens (primary N) is 1. The molecular formula is C8H16N2O4. The van der Waals surface area contributed by atoms with E-state index in [1.54, 1.807) is 13.8 Å². The number of nitrogens with one attached hydrogen (secondary N) is 1. The first kappa shape index (κ1) is 12.7. The molecule has 2 amide bonds. The molecule has 14 heavy (non-hydrogen) atoms. The van der Waals surface area contributed by atoms with E-state index in [9.17, 15) is 9.59 Å². The lowest BCUT2D eigenvalue weighted by atomic mass is 9.98. The molecule has 0 aliphatic heterocycles. The molecule has 0 fully saturated rings. The summed E-state index contributed by atoms with van der Waals surface area (Å²) in [6.07, 6.45) is -0.723. The number of rotatable bonds is 4. The van der Waals surface area contributed by atoms with E-state index in [1.807, 2.05) is 0 Å². The first-order valence-electron chi connectivity index (χ1n) is 4.04. The average Bonchev–Trinajstić information content (AvgIpc) is 2.12. The highest BCUT2D eigenvalue weighted by Crippen LogP contribution is 2.13. The number of carbonyl (C=O) groups is 2. The van der Waals surface area contributed by atoms with Crippen molar-refractivity contribution in [2.75, 3.05) is 14.2 Å². The number of methoxy groups -OCH3 is 2. The molecule has 6 nitrogen and oxygen atoms in total. The number of hydrogen-bond donors (Lipinski definition) is 2.